The molecule has 0 bridgehead atoms. The van der Waals surface area contributed by atoms with E-state index in [0.29, 0.717) is 24.4 Å². The molecule has 2 aromatic rings. The molecular formula is C26H36BrN3O5S. The van der Waals surface area contributed by atoms with Gasteiger partial charge < -0.3 is 15.0 Å². The Hall–Kier alpha value is -2.59. The van der Waals surface area contributed by atoms with Crippen LogP contribution in [0.5, 0.6) is 5.75 Å². The summed E-state index contributed by atoms with van der Waals surface area (Å²) in [4.78, 5) is 27.6. The smallest absolute Gasteiger partial charge is 0.242 e. The molecule has 36 heavy (non-hydrogen) atoms. The van der Waals surface area contributed by atoms with E-state index in [1.54, 1.807) is 43.2 Å². The van der Waals surface area contributed by atoms with Crippen molar-refractivity contribution in [2.75, 3.05) is 30.8 Å². The molecule has 0 aliphatic carbocycles. The monoisotopic (exact) mass is 581 g/mol. The Labute approximate surface area is 223 Å². The highest BCUT2D eigenvalue weighted by molar-refractivity contribution is 9.10. The maximum absolute atomic E-state index is 13.3. The summed E-state index contributed by atoms with van der Waals surface area (Å²) < 4.78 is 32.2. The van der Waals surface area contributed by atoms with Gasteiger partial charge in [0.25, 0.3) is 0 Å². The van der Waals surface area contributed by atoms with Gasteiger partial charge in [-0.05, 0) is 61.7 Å². The third kappa shape index (κ3) is 9.13. The van der Waals surface area contributed by atoms with Gasteiger partial charge in [0.15, 0.2) is 0 Å². The Bertz CT molecular complexity index is 1090. The highest BCUT2D eigenvalue weighted by atomic mass is 79.9. The molecule has 0 aliphatic heterocycles. The number of anilines is 1. The Kier molecular flexibility index (Phi) is 11.7. The summed E-state index contributed by atoms with van der Waals surface area (Å²) in [5.74, 6) is 0.210. The molecule has 0 aromatic heterocycles. The predicted octanol–water partition coefficient (Wildman–Crippen LogP) is 4.34. The van der Waals surface area contributed by atoms with E-state index in [2.05, 4.69) is 21.2 Å². The van der Waals surface area contributed by atoms with E-state index in [1.807, 2.05) is 31.2 Å². The number of hydrogen-bond donors (Lipinski definition) is 1. The number of nitrogens with zero attached hydrogens (tertiary/aromatic N) is 2. The molecule has 0 heterocycles. The van der Waals surface area contributed by atoms with Crippen LogP contribution >= 0.6 is 15.9 Å². The van der Waals surface area contributed by atoms with Crippen molar-refractivity contribution in [1.29, 1.82) is 0 Å². The first kappa shape index (κ1) is 29.6. The average molecular weight is 583 g/mol. The zero-order valence-electron chi connectivity index (χ0n) is 21.4. The fraction of sp³-hybridized carbons (Fsp3) is 0.462. The fourth-order valence-electron chi connectivity index (χ4n) is 3.66. The lowest BCUT2D eigenvalue weighted by Crippen LogP contribution is -2.47. The van der Waals surface area contributed by atoms with Crippen LogP contribution in [-0.2, 0) is 26.2 Å². The van der Waals surface area contributed by atoms with Crippen molar-refractivity contribution in [1.82, 2.24) is 10.2 Å². The lowest BCUT2D eigenvalue weighted by molar-refractivity contribution is -0.140. The van der Waals surface area contributed by atoms with Gasteiger partial charge in [-0.25, -0.2) is 8.42 Å². The Balaban J connectivity index is 2.13. The molecule has 0 saturated heterocycles. The standard InChI is InChI=1S/C26H36BrN3O5S/c1-5-6-17-28-26(32)20(2)29(19-21-9-11-22(27)12-10-21)25(31)8-7-18-30(36(4,33)34)23-13-15-24(35-3)16-14-23/h9-16,20H,5-8,17-19H2,1-4H3,(H,28,32). The number of benzene rings is 2. The Morgan fingerprint density at radius 3 is 2.25 bits per heavy atom. The Morgan fingerprint density at radius 2 is 1.69 bits per heavy atom. The normalized spacial score (nSPS) is 12.0. The molecule has 0 saturated carbocycles. The van der Waals surface area contributed by atoms with Crippen LogP contribution < -0.4 is 14.4 Å². The summed E-state index contributed by atoms with van der Waals surface area (Å²) in [7, 11) is -2.01. The summed E-state index contributed by atoms with van der Waals surface area (Å²) in [6.45, 7) is 4.75. The number of nitrogens with one attached hydrogen (secondary N) is 1. The summed E-state index contributed by atoms with van der Waals surface area (Å²) in [6, 6.07) is 13.7. The van der Waals surface area contributed by atoms with Gasteiger partial charge in [-0.3, -0.25) is 13.9 Å². The number of unbranched alkanes of at least 4 members (excludes halogenated alkanes) is 1. The van der Waals surface area contributed by atoms with Gasteiger partial charge in [0.05, 0.1) is 19.1 Å². The summed E-state index contributed by atoms with van der Waals surface area (Å²) >= 11 is 3.41. The molecule has 0 aliphatic rings. The molecule has 0 spiro atoms. The minimum absolute atomic E-state index is 0.102. The van der Waals surface area contributed by atoms with Crippen LogP contribution in [0.1, 0.15) is 45.1 Å². The highest BCUT2D eigenvalue weighted by Gasteiger charge is 2.26. The number of sulfonamides is 1. The summed E-state index contributed by atoms with van der Waals surface area (Å²) in [5.41, 5.74) is 1.40. The van der Waals surface area contributed by atoms with Gasteiger partial charge in [0.1, 0.15) is 11.8 Å². The van der Waals surface area contributed by atoms with E-state index in [1.165, 1.54) is 4.31 Å². The van der Waals surface area contributed by atoms with Crippen molar-refractivity contribution in [2.24, 2.45) is 0 Å². The molecule has 0 fully saturated rings. The van der Waals surface area contributed by atoms with E-state index < -0.39 is 16.1 Å². The molecule has 2 rings (SSSR count). The van der Waals surface area contributed by atoms with E-state index in [-0.39, 0.29) is 31.3 Å². The van der Waals surface area contributed by atoms with Crippen LogP contribution in [0.15, 0.2) is 53.0 Å². The quantitative estimate of drug-likeness (QED) is 0.335. The molecule has 1 unspecified atom stereocenters. The average Bonchev–Trinajstić information content (AvgIpc) is 2.85. The molecule has 8 nitrogen and oxygen atoms in total. The second kappa shape index (κ2) is 14.2. The molecule has 0 radical (unpaired) electrons. The van der Waals surface area contributed by atoms with Crippen molar-refractivity contribution >= 4 is 43.5 Å². The van der Waals surface area contributed by atoms with Crippen LogP contribution in [-0.4, -0.2) is 57.6 Å². The van der Waals surface area contributed by atoms with Gasteiger partial charge >= 0.3 is 0 Å². The number of ether oxygens (including phenoxy) is 1. The Morgan fingerprint density at radius 1 is 1.06 bits per heavy atom. The zero-order chi connectivity index (χ0) is 26.7. The lowest BCUT2D eigenvalue weighted by atomic mass is 10.1. The summed E-state index contributed by atoms with van der Waals surface area (Å²) in [6.07, 6.45) is 3.37. The first-order valence-corrected chi connectivity index (χ1v) is 14.6. The first-order valence-electron chi connectivity index (χ1n) is 12.0. The number of carbonyl (C=O) groups excluding carboxylic acids is 2. The fourth-order valence-corrected chi connectivity index (χ4v) is 4.89. The van der Waals surface area contributed by atoms with Crippen LogP contribution in [0.3, 0.4) is 0 Å². The van der Waals surface area contributed by atoms with Crippen LogP contribution in [0.25, 0.3) is 0 Å². The van der Waals surface area contributed by atoms with Crippen LogP contribution in [0.4, 0.5) is 5.69 Å². The lowest BCUT2D eigenvalue weighted by Gasteiger charge is -2.29. The highest BCUT2D eigenvalue weighted by Crippen LogP contribution is 2.22. The van der Waals surface area contributed by atoms with Crippen molar-refractivity contribution in [2.45, 2.75) is 52.1 Å². The van der Waals surface area contributed by atoms with E-state index in [4.69, 9.17) is 4.74 Å². The van der Waals surface area contributed by atoms with Gasteiger partial charge in [-0.1, -0.05) is 41.4 Å². The number of amides is 2. The third-order valence-corrected chi connectivity index (χ3v) is 7.50. The van der Waals surface area contributed by atoms with Crippen molar-refractivity contribution < 1.29 is 22.7 Å². The summed E-state index contributed by atoms with van der Waals surface area (Å²) in [5, 5.41) is 2.90. The van der Waals surface area contributed by atoms with Crippen molar-refractivity contribution in [3.63, 3.8) is 0 Å². The number of hydrogen-bond acceptors (Lipinski definition) is 5. The number of methoxy groups -OCH3 is 1. The molecule has 2 amide bonds. The minimum atomic E-state index is -3.55. The third-order valence-electron chi connectivity index (χ3n) is 5.78. The molecule has 10 heteroatoms. The molecule has 1 atom stereocenters. The van der Waals surface area contributed by atoms with Gasteiger partial charge in [0.2, 0.25) is 21.8 Å². The van der Waals surface area contributed by atoms with Gasteiger partial charge in [-0.2, -0.15) is 0 Å². The maximum Gasteiger partial charge on any atom is 0.242 e. The SMILES string of the molecule is CCCCNC(=O)C(C)N(Cc1ccc(Br)cc1)C(=O)CCCN(c1ccc(OC)cc1)S(C)(=O)=O. The van der Waals surface area contributed by atoms with E-state index >= 15 is 0 Å². The van der Waals surface area contributed by atoms with Crippen LogP contribution in [0.2, 0.25) is 0 Å². The molecular weight excluding hydrogens is 546 g/mol. The van der Waals surface area contributed by atoms with Gasteiger partial charge in [-0.15, -0.1) is 0 Å². The van der Waals surface area contributed by atoms with Crippen molar-refractivity contribution in [3.8, 4) is 5.75 Å². The predicted molar refractivity (Wildman–Crippen MR) is 146 cm³/mol. The van der Waals surface area contributed by atoms with E-state index in [9.17, 15) is 18.0 Å². The van der Waals surface area contributed by atoms with Crippen molar-refractivity contribution in [3.05, 3.63) is 58.6 Å². The number of halogens is 1. The van der Waals surface area contributed by atoms with Gasteiger partial charge in [0, 0.05) is 30.5 Å². The molecule has 2 aromatic carbocycles. The second-order valence-electron chi connectivity index (χ2n) is 8.61. The molecule has 1 N–H and O–H groups in total. The number of carbonyl (C=O) groups is 2. The van der Waals surface area contributed by atoms with Crippen LogP contribution in [0, 0.1) is 0 Å². The molecule has 198 valence electrons. The minimum Gasteiger partial charge on any atom is -0.497 e. The number of rotatable bonds is 14. The second-order valence-corrected chi connectivity index (χ2v) is 11.4. The van der Waals surface area contributed by atoms with E-state index in [0.717, 1.165) is 29.1 Å². The zero-order valence-corrected chi connectivity index (χ0v) is 23.8. The topological polar surface area (TPSA) is 96.0 Å². The maximum atomic E-state index is 13.3. The first-order chi connectivity index (χ1) is 17.1. The largest absolute Gasteiger partial charge is 0.497 e.